The topological polar surface area (TPSA) is 70.6 Å². The summed E-state index contributed by atoms with van der Waals surface area (Å²) in [5.41, 5.74) is 0. The summed E-state index contributed by atoms with van der Waals surface area (Å²) in [6, 6.07) is 5.89. The highest BCUT2D eigenvalue weighted by Gasteiger charge is 1.97. The van der Waals surface area contributed by atoms with Crippen molar-refractivity contribution in [1.29, 1.82) is 0 Å². The molecule has 1 heterocycles. The van der Waals surface area contributed by atoms with E-state index >= 15 is 0 Å². The number of nitrogens with one attached hydrogen (secondary N) is 3. The van der Waals surface area contributed by atoms with Gasteiger partial charge in [-0.1, -0.05) is 19.4 Å². The molecule has 0 aliphatic heterocycles. The van der Waals surface area contributed by atoms with E-state index in [-0.39, 0.29) is 0 Å². The number of ether oxygens (including phenoxy) is 1. The van der Waals surface area contributed by atoms with Crippen LogP contribution in [0.25, 0.3) is 0 Å². The van der Waals surface area contributed by atoms with E-state index in [0.29, 0.717) is 0 Å². The van der Waals surface area contributed by atoms with Crippen LogP contribution in [0.5, 0.6) is 0 Å². The van der Waals surface area contributed by atoms with E-state index < -0.39 is 0 Å². The summed E-state index contributed by atoms with van der Waals surface area (Å²) in [5.74, 6) is 1.80. The highest BCUT2D eigenvalue weighted by Crippen LogP contribution is 2.00. The molecule has 6 heteroatoms. The van der Waals surface area contributed by atoms with E-state index in [1.54, 1.807) is 13.2 Å². The standard InChI is InChI=1S/C18H33N5O/c1-3-4-15-24-16-9-14-23-18(19-2)22-13-8-7-12-21-17-10-5-6-11-20-17/h5-6,10-11H,3-4,7-9,12-16H2,1-2H3,(H,20,21)(H2,19,22,23). The molecular weight excluding hydrogens is 302 g/mol. The van der Waals surface area contributed by atoms with E-state index in [4.69, 9.17) is 4.74 Å². The SMILES string of the molecule is CCCCOCCCNC(=NC)NCCCCNc1ccccn1. The first-order chi connectivity index (χ1) is 11.9. The molecule has 136 valence electrons. The quantitative estimate of drug-likeness (QED) is 0.294. The summed E-state index contributed by atoms with van der Waals surface area (Å²) in [4.78, 5) is 8.47. The number of nitrogens with zero attached hydrogens (tertiary/aromatic N) is 2. The van der Waals surface area contributed by atoms with E-state index in [0.717, 1.165) is 70.3 Å². The van der Waals surface area contributed by atoms with E-state index in [2.05, 4.69) is 32.9 Å². The summed E-state index contributed by atoms with van der Waals surface area (Å²) in [7, 11) is 1.80. The highest BCUT2D eigenvalue weighted by molar-refractivity contribution is 5.79. The number of pyridine rings is 1. The van der Waals surface area contributed by atoms with Crippen molar-refractivity contribution in [2.75, 3.05) is 45.2 Å². The molecule has 3 N–H and O–H groups in total. The lowest BCUT2D eigenvalue weighted by atomic mass is 10.3. The van der Waals surface area contributed by atoms with Crippen molar-refractivity contribution in [2.24, 2.45) is 4.99 Å². The normalized spacial score (nSPS) is 11.3. The summed E-state index contributed by atoms with van der Waals surface area (Å²) in [6.45, 7) is 6.58. The molecule has 0 bridgehead atoms. The maximum absolute atomic E-state index is 5.54. The van der Waals surface area contributed by atoms with Crippen LogP contribution in [0.1, 0.15) is 39.0 Å². The Morgan fingerprint density at radius 1 is 1.04 bits per heavy atom. The van der Waals surface area contributed by atoms with Crippen LogP contribution in [0.15, 0.2) is 29.4 Å². The van der Waals surface area contributed by atoms with Crippen LogP contribution in [-0.2, 0) is 4.74 Å². The maximum Gasteiger partial charge on any atom is 0.190 e. The average Bonchev–Trinajstić information content (AvgIpc) is 2.63. The molecule has 0 spiro atoms. The summed E-state index contributed by atoms with van der Waals surface area (Å²) >= 11 is 0. The Morgan fingerprint density at radius 3 is 2.50 bits per heavy atom. The average molecular weight is 335 g/mol. The summed E-state index contributed by atoms with van der Waals surface area (Å²) in [6.07, 6.45) is 7.30. The fourth-order valence-electron chi connectivity index (χ4n) is 2.09. The van der Waals surface area contributed by atoms with Crippen molar-refractivity contribution in [3.05, 3.63) is 24.4 Å². The van der Waals surface area contributed by atoms with Gasteiger partial charge >= 0.3 is 0 Å². The second-order valence-corrected chi connectivity index (χ2v) is 5.59. The van der Waals surface area contributed by atoms with E-state index in [1.165, 1.54) is 6.42 Å². The van der Waals surface area contributed by atoms with Crippen LogP contribution >= 0.6 is 0 Å². The van der Waals surface area contributed by atoms with Gasteiger partial charge in [0.1, 0.15) is 5.82 Å². The molecule has 0 amide bonds. The van der Waals surface area contributed by atoms with Crippen molar-refractivity contribution in [1.82, 2.24) is 15.6 Å². The Bertz CT molecular complexity index is 425. The largest absolute Gasteiger partial charge is 0.381 e. The van der Waals surface area contributed by atoms with E-state index in [1.807, 2.05) is 18.2 Å². The molecule has 0 radical (unpaired) electrons. The van der Waals surface area contributed by atoms with Gasteiger partial charge in [-0.2, -0.15) is 0 Å². The van der Waals surface area contributed by atoms with Crippen molar-refractivity contribution < 1.29 is 4.74 Å². The lowest BCUT2D eigenvalue weighted by molar-refractivity contribution is 0.129. The van der Waals surface area contributed by atoms with Gasteiger partial charge < -0.3 is 20.7 Å². The van der Waals surface area contributed by atoms with Crippen molar-refractivity contribution >= 4 is 11.8 Å². The molecule has 1 aromatic heterocycles. The minimum Gasteiger partial charge on any atom is -0.381 e. The second-order valence-electron chi connectivity index (χ2n) is 5.59. The highest BCUT2D eigenvalue weighted by atomic mass is 16.5. The third-order valence-electron chi connectivity index (χ3n) is 3.49. The van der Waals surface area contributed by atoms with Crippen molar-refractivity contribution in [2.45, 2.75) is 39.0 Å². The summed E-state index contributed by atoms with van der Waals surface area (Å²) < 4.78 is 5.54. The van der Waals surface area contributed by atoms with Gasteiger partial charge in [0.15, 0.2) is 5.96 Å². The Morgan fingerprint density at radius 2 is 1.79 bits per heavy atom. The molecule has 0 aliphatic rings. The first kappa shape index (κ1) is 20.2. The first-order valence-electron chi connectivity index (χ1n) is 9.04. The number of hydrogen-bond donors (Lipinski definition) is 3. The van der Waals surface area contributed by atoms with Gasteiger partial charge in [0.05, 0.1) is 0 Å². The zero-order valence-electron chi connectivity index (χ0n) is 15.2. The molecule has 0 aliphatic carbocycles. The maximum atomic E-state index is 5.54. The zero-order chi connectivity index (χ0) is 17.3. The van der Waals surface area contributed by atoms with Crippen LogP contribution in [-0.4, -0.2) is 50.8 Å². The zero-order valence-corrected chi connectivity index (χ0v) is 15.2. The molecule has 1 rings (SSSR count). The molecule has 0 unspecified atom stereocenters. The Hall–Kier alpha value is -1.82. The summed E-state index contributed by atoms with van der Waals surface area (Å²) in [5, 5.41) is 9.96. The predicted octanol–water partition coefficient (Wildman–Crippen LogP) is 2.65. The van der Waals surface area contributed by atoms with Gasteiger partial charge in [0.2, 0.25) is 0 Å². The van der Waals surface area contributed by atoms with Gasteiger partial charge in [0.25, 0.3) is 0 Å². The molecule has 1 aromatic rings. The van der Waals surface area contributed by atoms with Gasteiger partial charge in [-0.05, 0) is 37.8 Å². The fraction of sp³-hybridized carbons (Fsp3) is 0.667. The number of unbranched alkanes of at least 4 members (excludes halogenated alkanes) is 2. The number of anilines is 1. The Balaban J connectivity index is 1.94. The Kier molecular flexibility index (Phi) is 12.4. The van der Waals surface area contributed by atoms with Crippen LogP contribution in [0.3, 0.4) is 0 Å². The number of aromatic nitrogens is 1. The third-order valence-corrected chi connectivity index (χ3v) is 3.49. The van der Waals surface area contributed by atoms with Gasteiger partial charge in [0, 0.05) is 46.1 Å². The van der Waals surface area contributed by atoms with Crippen LogP contribution < -0.4 is 16.0 Å². The first-order valence-corrected chi connectivity index (χ1v) is 9.04. The second kappa shape index (κ2) is 14.8. The number of rotatable bonds is 13. The van der Waals surface area contributed by atoms with Crippen LogP contribution in [0, 0.1) is 0 Å². The van der Waals surface area contributed by atoms with Gasteiger partial charge in [-0.3, -0.25) is 4.99 Å². The molecule has 0 saturated carbocycles. The molecule has 6 nitrogen and oxygen atoms in total. The molecule has 0 fully saturated rings. The van der Waals surface area contributed by atoms with Crippen LogP contribution in [0.4, 0.5) is 5.82 Å². The minimum atomic E-state index is 0.809. The molecule has 0 saturated heterocycles. The third kappa shape index (κ3) is 10.8. The molecule has 0 aromatic carbocycles. The fourth-order valence-corrected chi connectivity index (χ4v) is 2.09. The number of aliphatic imine (C=N–C) groups is 1. The van der Waals surface area contributed by atoms with Crippen LogP contribution in [0.2, 0.25) is 0 Å². The molecule has 0 atom stereocenters. The van der Waals surface area contributed by atoms with Gasteiger partial charge in [-0.25, -0.2) is 4.98 Å². The van der Waals surface area contributed by atoms with Crippen molar-refractivity contribution in [3.63, 3.8) is 0 Å². The number of hydrogen-bond acceptors (Lipinski definition) is 4. The lowest BCUT2D eigenvalue weighted by Gasteiger charge is -2.12. The predicted molar refractivity (Wildman–Crippen MR) is 102 cm³/mol. The Labute approximate surface area is 146 Å². The van der Waals surface area contributed by atoms with E-state index in [9.17, 15) is 0 Å². The van der Waals surface area contributed by atoms with Gasteiger partial charge in [-0.15, -0.1) is 0 Å². The lowest BCUT2D eigenvalue weighted by Crippen LogP contribution is -2.38. The minimum absolute atomic E-state index is 0.809. The monoisotopic (exact) mass is 335 g/mol. The molecule has 24 heavy (non-hydrogen) atoms. The smallest absolute Gasteiger partial charge is 0.190 e. The van der Waals surface area contributed by atoms with Crippen molar-refractivity contribution in [3.8, 4) is 0 Å². The molecular formula is C18H33N5O. The number of guanidine groups is 1.